The smallest absolute Gasteiger partial charge is 0.258 e. The average Bonchev–Trinajstić information content (AvgIpc) is 2.68. The number of hydrogen-bond donors (Lipinski definition) is 0. The first-order valence-electron chi connectivity index (χ1n) is 4.46. The van der Waals surface area contributed by atoms with E-state index in [4.69, 9.17) is 0 Å². The Balaban J connectivity index is 2.67. The molecule has 0 radical (unpaired) electrons. The highest BCUT2D eigenvalue weighted by atomic mass is 79.9. The number of halogens is 1. The van der Waals surface area contributed by atoms with Gasteiger partial charge in [-0.2, -0.15) is 0 Å². The molecule has 0 aliphatic rings. The minimum absolute atomic E-state index is 0.190. The van der Waals surface area contributed by atoms with Gasteiger partial charge >= 0.3 is 0 Å². The van der Waals surface area contributed by atoms with Gasteiger partial charge in [-0.15, -0.1) is 23.1 Å². The van der Waals surface area contributed by atoms with E-state index in [0.717, 1.165) is 15.6 Å². The molecule has 1 heterocycles. The summed E-state index contributed by atoms with van der Waals surface area (Å²) in [5, 5.41) is 12.3. The van der Waals surface area contributed by atoms with Gasteiger partial charge in [0.05, 0.1) is 9.13 Å². The molecule has 0 spiro atoms. The van der Waals surface area contributed by atoms with E-state index in [-0.39, 0.29) is 10.6 Å². The molecular weight excluding hydrogens is 310 g/mol. The number of nitrogens with zero attached hydrogens (tertiary/aromatic N) is 1. The van der Waals surface area contributed by atoms with E-state index in [0.29, 0.717) is 5.33 Å². The molecule has 0 N–H and O–H groups in total. The van der Waals surface area contributed by atoms with Gasteiger partial charge in [0, 0.05) is 27.0 Å². The van der Waals surface area contributed by atoms with Crippen molar-refractivity contribution < 1.29 is 4.92 Å². The van der Waals surface area contributed by atoms with Crippen molar-refractivity contribution in [2.45, 2.75) is 9.54 Å². The van der Waals surface area contributed by atoms with Crippen LogP contribution in [0.1, 0.15) is 5.56 Å². The number of rotatable bonds is 3. The molecule has 0 unspecified atom stereocenters. The van der Waals surface area contributed by atoms with E-state index < -0.39 is 0 Å². The maximum atomic E-state index is 10.9. The topological polar surface area (TPSA) is 43.1 Å². The van der Waals surface area contributed by atoms with Crippen molar-refractivity contribution >= 4 is 54.8 Å². The van der Waals surface area contributed by atoms with Crippen LogP contribution in [0.15, 0.2) is 22.4 Å². The maximum absolute atomic E-state index is 10.9. The van der Waals surface area contributed by atoms with Crippen LogP contribution in [0.2, 0.25) is 0 Å². The van der Waals surface area contributed by atoms with Crippen LogP contribution in [0.4, 0.5) is 5.69 Å². The number of nitro groups is 1. The summed E-state index contributed by atoms with van der Waals surface area (Å²) in [6, 6.07) is 5.55. The largest absolute Gasteiger partial charge is 0.274 e. The fourth-order valence-corrected chi connectivity index (χ4v) is 3.61. The van der Waals surface area contributed by atoms with Crippen molar-refractivity contribution in [1.82, 2.24) is 0 Å². The van der Waals surface area contributed by atoms with Crippen molar-refractivity contribution in [3.8, 4) is 0 Å². The molecule has 6 heteroatoms. The zero-order valence-corrected chi connectivity index (χ0v) is 11.6. The Morgan fingerprint density at radius 2 is 2.25 bits per heavy atom. The van der Waals surface area contributed by atoms with Crippen LogP contribution >= 0.6 is 39.0 Å². The molecule has 0 saturated heterocycles. The summed E-state index contributed by atoms with van der Waals surface area (Å²) in [5.74, 6) is 0. The first-order valence-corrected chi connectivity index (χ1v) is 7.62. The first-order chi connectivity index (χ1) is 7.65. The van der Waals surface area contributed by atoms with E-state index >= 15 is 0 Å². The molecule has 0 bridgehead atoms. The predicted octanol–water partition coefficient (Wildman–Crippen LogP) is 4.43. The van der Waals surface area contributed by atoms with E-state index in [1.165, 1.54) is 4.21 Å². The molecule has 84 valence electrons. The lowest BCUT2D eigenvalue weighted by atomic mass is 10.1. The van der Waals surface area contributed by atoms with Gasteiger partial charge in [-0.05, 0) is 18.4 Å². The van der Waals surface area contributed by atoms with E-state index in [2.05, 4.69) is 15.9 Å². The number of nitro benzene ring substituents is 1. The van der Waals surface area contributed by atoms with Gasteiger partial charge in [0.1, 0.15) is 0 Å². The number of thioether (sulfide) groups is 1. The average molecular weight is 318 g/mol. The van der Waals surface area contributed by atoms with Crippen molar-refractivity contribution in [2.75, 3.05) is 6.26 Å². The third kappa shape index (κ3) is 2.09. The monoisotopic (exact) mass is 317 g/mol. The molecular formula is C10H8BrNO2S2. The molecule has 0 aliphatic heterocycles. The second-order valence-corrected chi connectivity index (χ2v) is 5.93. The van der Waals surface area contributed by atoms with Gasteiger partial charge < -0.3 is 0 Å². The highest BCUT2D eigenvalue weighted by Crippen LogP contribution is 2.36. The molecule has 2 rings (SSSR count). The van der Waals surface area contributed by atoms with Crippen LogP contribution in [-0.4, -0.2) is 11.2 Å². The Morgan fingerprint density at radius 3 is 2.81 bits per heavy atom. The third-order valence-corrected chi connectivity index (χ3v) is 5.00. The molecule has 0 fully saturated rings. The summed E-state index contributed by atoms with van der Waals surface area (Å²) >= 11 is 6.61. The Hall–Kier alpha value is -0.590. The lowest BCUT2D eigenvalue weighted by Crippen LogP contribution is -1.92. The second-order valence-electron chi connectivity index (χ2n) is 3.18. The summed E-state index contributed by atoms with van der Waals surface area (Å²) in [6.45, 7) is 0. The Morgan fingerprint density at radius 1 is 1.50 bits per heavy atom. The predicted molar refractivity (Wildman–Crippen MR) is 72.9 cm³/mol. The van der Waals surface area contributed by atoms with Gasteiger partial charge in [-0.3, -0.25) is 10.1 Å². The Labute approximate surface area is 109 Å². The molecule has 2 aromatic rings. The normalized spacial score (nSPS) is 10.9. The molecule has 0 atom stereocenters. The van der Waals surface area contributed by atoms with E-state index in [1.807, 2.05) is 18.4 Å². The van der Waals surface area contributed by atoms with Gasteiger partial charge in [0.2, 0.25) is 0 Å². The summed E-state index contributed by atoms with van der Waals surface area (Å²) in [7, 11) is 0. The van der Waals surface area contributed by atoms with Crippen molar-refractivity contribution in [1.29, 1.82) is 0 Å². The quantitative estimate of drug-likeness (QED) is 0.364. The van der Waals surface area contributed by atoms with E-state index in [1.54, 1.807) is 29.2 Å². The zero-order valence-electron chi connectivity index (χ0n) is 8.40. The lowest BCUT2D eigenvalue weighted by molar-refractivity contribution is -0.385. The van der Waals surface area contributed by atoms with Gasteiger partial charge in [0.25, 0.3) is 5.69 Å². The van der Waals surface area contributed by atoms with Crippen molar-refractivity contribution in [3.05, 3.63) is 33.9 Å². The number of fused-ring (bicyclic) bond motifs is 1. The molecule has 1 aromatic carbocycles. The molecule has 3 nitrogen and oxygen atoms in total. The summed E-state index contributed by atoms with van der Waals surface area (Å²) in [5.41, 5.74) is 0.918. The standard InChI is InChI=1S/C10H8BrNO2S2/c1-15-10-4-6-2-8(12(13)14)7(5-11)3-9(6)16-10/h2-4H,5H2,1H3. The number of hydrogen-bond acceptors (Lipinski definition) is 4. The minimum Gasteiger partial charge on any atom is -0.258 e. The maximum Gasteiger partial charge on any atom is 0.274 e. The zero-order chi connectivity index (χ0) is 11.7. The molecule has 1 aromatic heterocycles. The van der Waals surface area contributed by atoms with Crippen LogP contribution in [0.5, 0.6) is 0 Å². The van der Waals surface area contributed by atoms with Crippen LogP contribution in [0.25, 0.3) is 10.1 Å². The lowest BCUT2D eigenvalue weighted by Gasteiger charge is -1.98. The fraction of sp³-hybridized carbons (Fsp3) is 0.200. The fourth-order valence-electron chi connectivity index (χ4n) is 1.47. The molecule has 0 aliphatic carbocycles. The highest BCUT2D eigenvalue weighted by molar-refractivity contribution is 9.08. The van der Waals surface area contributed by atoms with Crippen LogP contribution < -0.4 is 0 Å². The van der Waals surface area contributed by atoms with Gasteiger partial charge in [-0.1, -0.05) is 15.9 Å². The van der Waals surface area contributed by atoms with Gasteiger partial charge in [0.15, 0.2) is 0 Å². The first kappa shape index (κ1) is 11.9. The number of alkyl halides is 1. The van der Waals surface area contributed by atoms with E-state index in [9.17, 15) is 10.1 Å². The van der Waals surface area contributed by atoms with Crippen LogP contribution in [0, 0.1) is 10.1 Å². The molecule has 0 amide bonds. The van der Waals surface area contributed by atoms with Crippen LogP contribution in [0.3, 0.4) is 0 Å². The van der Waals surface area contributed by atoms with Crippen LogP contribution in [-0.2, 0) is 5.33 Å². The summed E-state index contributed by atoms with van der Waals surface area (Å²) < 4.78 is 2.28. The number of thiophene rings is 1. The van der Waals surface area contributed by atoms with Gasteiger partial charge in [-0.25, -0.2) is 0 Å². The minimum atomic E-state index is -0.327. The number of benzene rings is 1. The third-order valence-electron chi connectivity index (χ3n) is 2.24. The Bertz CT molecular complexity index is 553. The molecule has 16 heavy (non-hydrogen) atoms. The SMILES string of the molecule is CSc1cc2cc([N+](=O)[O-])c(CBr)cc2s1. The second kappa shape index (κ2) is 4.73. The molecule has 0 saturated carbocycles. The highest BCUT2D eigenvalue weighted by Gasteiger charge is 2.15. The summed E-state index contributed by atoms with van der Waals surface area (Å²) in [6.07, 6.45) is 2.00. The van der Waals surface area contributed by atoms with Crippen molar-refractivity contribution in [2.24, 2.45) is 0 Å². The van der Waals surface area contributed by atoms with Crippen molar-refractivity contribution in [3.63, 3.8) is 0 Å². The Kier molecular flexibility index (Phi) is 3.51. The summed E-state index contributed by atoms with van der Waals surface area (Å²) in [4.78, 5) is 10.6.